The van der Waals surface area contributed by atoms with Gasteiger partial charge < -0.3 is 0 Å². The molecule has 0 spiro atoms. The molecule has 0 aromatic heterocycles. The van der Waals surface area contributed by atoms with Crippen LogP contribution in [0, 0.1) is 0 Å². The number of hydroxylamine groups is 2. The molecule has 0 saturated carbocycles. The maximum Gasteiger partial charge on any atom is 0.253 e. The summed E-state index contributed by atoms with van der Waals surface area (Å²) >= 11 is 0. The predicted molar refractivity (Wildman–Crippen MR) is 57.1 cm³/mol. The molecule has 0 N–H and O–H groups in total. The summed E-state index contributed by atoms with van der Waals surface area (Å²) in [6.45, 7) is 0.707. The Balaban J connectivity index is 2.19. The lowest BCUT2D eigenvalue weighted by Crippen LogP contribution is -2.39. The molecular formula is C12H15NO2. The molecule has 3 nitrogen and oxygen atoms in total. The zero-order chi connectivity index (χ0) is 10.7. The summed E-state index contributed by atoms with van der Waals surface area (Å²) in [5, 5.41) is 1.46. The summed E-state index contributed by atoms with van der Waals surface area (Å²) in [5.74, 6) is 0.0508. The minimum atomic E-state index is -0.0279. The molecule has 1 aromatic rings. The van der Waals surface area contributed by atoms with Gasteiger partial charge in [-0.05, 0) is 18.4 Å². The van der Waals surface area contributed by atoms with E-state index in [0.29, 0.717) is 6.54 Å². The predicted octanol–water partition coefficient (Wildman–Crippen LogP) is 1.95. The Labute approximate surface area is 89.6 Å². The van der Waals surface area contributed by atoms with Gasteiger partial charge in [-0.25, -0.2) is 5.06 Å². The number of hydrogen-bond donors (Lipinski definition) is 0. The van der Waals surface area contributed by atoms with Crippen molar-refractivity contribution in [2.24, 2.45) is 0 Å². The first-order chi connectivity index (χ1) is 7.33. The second kappa shape index (κ2) is 4.45. The maximum atomic E-state index is 12.0. The zero-order valence-corrected chi connectivity index (χ0v) is 8.85. The van der Waals surface area contributed by atoms with Crippen LogP contribution in [-0.4, -0.2) is 24.6 Å². The van der Waals surface area contributed by atoms with Crippen LogP contribution in [0.1, 0.15) is 24.3 Å². The fourth-order valence-electron chi connectivity index (χ4n) is 2.02. The van der Waals surface area contributed by atoms with E-state index >= 15 is 0 Å². The van der Waals surface area contributed by atoms with E-state index in [0.717, 1.165) is 18.4 Å². The molecule has 1 fully saturated rings. The van der Waals surface area contributed by atoms with Gasteiger partial charge in [0.05, 0.1) is 13.0 Å². The van der Waals surface area contributed by atoms with Gasteiger partial charge in [0.1, 0.15) is 0 Å². The Morgan fingerprint density at radius 1 is 1.33 bits per heavy atom. The first kappa shape index (κ1) is 10.2. The number of carbonyl (C=O) groups is 1. The fourth-order valence-corrected chi connectivity index (χ4v) is 2.02. The number of nitrogens with zero attached hydrogens (tertiary/aromatic N) is 1. The molecule has 2 rings (SSSR count). The van der Waals surface area contributed by atoms with Gasteiger partial charge in [0.15, 0.2) is 0 Å². The average Bonchev–Trinajstić information content (AvgIpc) is 2.30. The third-order valence-corrected chi connectivity index (χ3v) is 2.82. The van der Waals surface area contributed by atoms with Gasteiger partial charge in [0.25, 0.3) is 5.91 Å². The highest BCUT2D eigenvalue weighted by Gasteiger charge is 2.29. The van der Waals surface area contributed by atoms with Crippen LogP contribution < -0.4 is 0 Å². The molecule has 80 valence electrons. The van der Waals surface area contributed by atoms with Crippen molar-refractivity contribution in [3.8, 4) is 0 Å². The number of hydrogen-bond acceptors (Lipinski definition) is 2. The molecule has 1 aromatic carbocycles. The maximum absolute atomic E-state index is 12.0. The zero-order valence-electron chi connectivity index (χ0n) is 8.85. The van der Waals surface area contributed by atoms with Gasteiger partial charge in [-0.15, -0.1) is 0 Å². The normalized spacial score (nSPS) is 21.8. The molecule has 1 heterocycles. The van der Waals surface area contributed by atoms with Crippen molar-refractivity contribution in [3.63, 3.8) is 0 Å². The van der Waals surface area contributed by atoms with Crippen molar-refractivity contribution in [3.05, 3.63) is 35.9 Å². The van der Waals surface area contributed by atoms with E-state index < -0.39 is 0 Å². The van der Waals surface area contributed by atoms with Crippen LogP contribution in [0.4, 0.5) is 0 Å². The Morgan fingerprint density at radius 3 is 2.73 bits per heavy atom. The molecule has 15 heavy (non-hydrogen) atoms. The number of carbonyl (C=O) groups excluding carboxylic acids is 1. The van der Waals surface area contributed by atoms with Gasteiger partial charge >= 0.3 is 0 Å². The molecule has 3 heteroatoms. The highest BCUT2D eigenvalue weighted by molar-refractivity contribution is 5.83. The molecule has 1 aliphatic heterocycles. The average molecular weight is 205 g/mol. The largest absolute Gasteiger partial charge is 0.274 e. The van der Waals surface area contributed by atoms with Crippen molar-refractivity contribution in [1.82, 2.24) is 5.06 Å². The van der Waals surface area contributed by atoms with Crippen LogP contribution in [0.5, 0.6) is 0 Å². The van der Waals surface area contributed by atoms with Crippen LogP contribution in [0.2, 0.25) is 0 Å². The van der Waals surface area contributed by atoms with E-state index in [2.05, 4.69) is 0 Å². The van der Waals surface area contributed by atoms with E-state index in [9.17, 15) is 4.79 Å². The molecule has 0 radical (unpaired) electrons. The summed E-state index contributed by atoms with van der Waals surface area (Å²) < 4.78 is 0. The summed E-state index contributed by atoms with van der Waals surface area (Å²) in [5.41, 5.74) is 1.09. The molecule has 1 amide bonds. The van der Waals surface area contributed by atoms with Crippen molar-refractivity contribution in [2.75, 3.05) is 13.7 Å². The van der Waals surface area contributed by atoms with Crippen LogP contribution >= 0.6 is 0 Å². The quantitative estimate of drug-likeness (QED) is 0.738. The molecule has 1 aliphatic rings. The third-order valence-electron chi connectivity index (χ3n) is 2.82. The second-order valence-electron chi connectivity index (χ2n) is 3.73. The minimum absolute atomic E-state index is 0.0279. The van der Waals surface area contributed by atoms with Crippen molar-refractivity contribution in [1.29, 1.82) is 0 Å². The Hall–Kier alpha value is -1.35. The van der Waals surface area contributed by atoms with Gasteiger partial charge in [0, 0.05) is 6.54 Å². The number of amides is 1. The smallest absolute Gasteiger partial charge is 0.253 e. The first-order valence-corrected chi connectivity index (χ1v) is 5.23. The van der Waals surface area contributed by atoms with E-state index in [1.54, 1.807) is 7.11 Å². The SMILES string of the molecule is CON1CCCC(c2ccccc2)C1=O. The monoisotopic (exact) mass is 205 g/mol. The summed E-state index contributed by atoms with van der Waals surface area (Å²) in [6.07, 6.45) is 1.92. The van der Waals surface area contributed by atoms with Gasteiger partial charge in [-0.2, -0.15) is 0 Å². The number of rotatable bonds is 2. The van der Waals surface area contributed by atoms with Gasteiger partial charge in [-0.1, -0.05) is 30.3 Å². The van der Waals surface area contributed by atoms with Crippen LogP contribution in [0.3, 0.4) is 0 Å². The van der Waals surface area contributed by atoms with Crippen molar-refractivity contribution < 1.29 is 9.63 Å². The van der Waals surface area contributed by atoms with Crippen LogP contribution in [0.15, 0.2) is 30.3 Å². The minimum Gasteiger partial charge on any atom is -0.274 e. The summed E-state index contributed by atoms with van der Waals surface area (Å²) in [7, 11) is 1.55. The fraction of sp³-hybridized carbons (Fsp3) is 0.417. The lowest BCUT2D eigenvalue weighted by atomic mass is 9.91. The van der Waals surface area contributed by atoms with E-state index in [-0.39, 0.29) is 11.8 Å². The Bertz CT molecular complexity index is 337. The van der Waals surface area contributed by atoms with E-state index in [1.165, 1.54) is 5.06 Å². The lowest BCUT2D eigenvalue weighted by molar-refractivity contribution is -0.183. The van der Waals surface area contributed by atoms with E-state index in [1.807, 2.05) is 30.3 Å². The van der Waals surface area contributed by atoms with Crippen LogP contribution in [-0.2, 0) is 9.63 Å². The van der Waals surface area contributed by atoms with Crippen molar-refractivity contribution in [2.45, 2.75) is 18.8 Å². The van der Waals surface area contributed by atoms with Crippen molar-refractivity contribution >= 4 is 5.91 Å². The van der Waals surface area contributed by atoms with Gasteiger partial charge in [0.2, 0.25) is 0 Å². The second-order valence-corrected chi connectivity index (χ2v) is 3.73. The van der Waals surface area contributed by atoms with Gasteiger partial charge in [-0.3, -0.25) is 9.63 Å². The highest BCUT2D eigenvalue weighted by atomic mass is 16.7. The number of piperidine rings is 1. The summed E-state index contributed by atoms with van der Waals surface area (Å²) in [4.78, 5) is 17.0. The lowest BCUT2D eigenvalue weighted by Gasteiger charge is -2.30. The van der Waals surface area contributed by atoms with Crippen LogP contribution in [0.25, 0.3) is 0 Å². The molecule has 1 saturated heterocycles. The standard InChI is InChI=1S/C12H15NO2/c1-15-13-9-5-8-11(12(13)14)10-6-3-2-4-7-10/h2-4,6-7,11H,5,8-9H2,1H3. The topological polar surface area (TPSA) is 29.5 Å². The Morgan fingerprint density at radius 2 is 2.07 bits per heavy atom. The molecule has 0 bridgehead atoms. The number of benzene rings is 1. The third kappa shape index (κ3) is 2.02. The highest BCUT2D eigenvalue weighted by Crippen LogP contribution is 2.27. The summed E-state index contributed by atoms with van der Waals surface area (Å²) in [6, 6.07) is 9.90. The molecular weight excluding hydrogens is 190 g/mol. The Kier molecular flexibility index (Phi) is 3.02. The molecule has 0 aliphatic carbocycles. The molecule has 1 unspecified atom stereocenters. The first-order valence-electron chi connectivity index (χ1n) is 5.23. The van der Waals surface area contributed by atoms with E-state index in [4.69, 9.17) is 4.84 Å². The molecule has 1 atom stereocenters.